The summed E-state index contributed by atoms with van der Waals surface area (Å²) in [7, 11) is 0. The number of unbranched alkanes of at least 4 members (excludes halogenated alkanes) is 1. The first-order valence-electron chi connectivity index (χ1n) is 19.5. The largest absolute Gasteiger partial charge is 0.309 e. The van der Waals surface area contributed by atoms with Crippen molar-refractivity contribution >= 4 is 65.4 Å². The van der Waals surface area contributed by atoms with Crippen LogP contribution < -0.4 is 0 Å². The molecule has 0 fully saturated rings. The summed E-state index contributed by atoms with van der Waals surface area (Å²) in [6, 6.07) is 67.1. The molecule has 0 radical (unpaired) electrons. The van der Waals surface area contributed by atoms with E-state index < -0.39 is 0 Å². The molecule has 0 atom stereocenters. The Bertz CT molecular complexity index is 3250. The number of aryl methyl sites for hydroxylation is 1. The summed E-state index contributed by atoms with van der Waals surface area (Å²) in [6.45, 7) is 2.27. The second-order valence-electron chi connectivity index (χ2n) is 14.8. The number of hydrogen-bond acceptors (Lipinski definition) is 0. The summed E-state index contributed by atoms with van der Waals surface area (Å²) in [6.07, 6.45) is 3.51. The molecule has 11 rings (SSSR count). The number of aromatic nitrogens is 3. The van der Waals surface area contributed by atoms with Gasteiger partial charge in [0.2, 0.25) is 0 Å². The Morgan fingerprint density at radius 3 is 1.67 bits per heavy atom. The molecule has 0 aliphatic carbocycles. The first kappa shape index (κ1) is 31.7. The molecule has 0 saturated carbocycles. The quantitative estimate of drug-likeness (QED) is 0.157. The van der Waals surface area contributed by atoms with Crippen LogP contribution in [0.15, 0.2) is 182 Å². The fourth-order valence-corrected chi connectivity index (χ4v) is 9.12. The van der Waals surface area contributed by atoms with Crippen molar-refractivity contribution < 1.29 is 0 Å². The molecule has 3 nitrogen and oxygen atoms in total. The first-order chi connectivity index (χ1) is 27.3. The monoisotopic (exact) mass is 705 g/mol. The summed E-state index contributed by atoms with van der Waals surface area (Å²) in [4.78, 5) is 0. The van der Waals surface area contributed by atoms with Gasteiger partial charge < -0.3 is 13.7 Å². The Kier molecular flexibility index (Phi) is 7.28. The molecule has 262 valence electrons. The summed E-state index contributed by atoms with van der Waals surface area (Å²) >= 11 is 0. The van der Waals surface area contributed by atoms with E-state index in [2.05, 4.69) is 203 Å². The lowest BCUT2D eigenvalue weighted by Crippen LogP contribution is -1.99. The van der Waals surface area contributed by atoms with Crippen LogP contribution in [0.4, 0.5) is 0 Å². The van der Waals surface area contributed by atoms with Crippen LogP contribution in [-0.4, -0.2) is 13.7 Å². The zero-order valence-electron chi connectivity index (χ0n) is 30.8. The molecule has 3 heteroatoms. The van der Waals surface area contributed by atoms with Crippen molar-refractivity contribution in [3.8, 4) is 28.2 Å². The molecule has 0 aliphatic heterocycles. The minimum atomic E-state index is 1.11. The lowest BCUT2D eigenvalue weighted by molar-refractivity contribution is 0.796. The number of nitrogens with zero attached hydrogens (tertiary/aromatic N) is 3. The van der Waals surface area contributed by atoms with Gasteiger partial charge in [0.05, 0.1) is 33.1 Å². The fraction of sp³-hybridized carbons (Fsp3) is 0.0769. The number of hydrogen-bond donors (Lipinski definition) is 0. The van der Waals surface area contributed by atoms with E-state index >= 15 is 0 Å². The Balaban J connectivity index is 1.18. The Hall–Kier alpha value is -6.84. The van der Waals surface area contributed by atoms with Crippen LogP contribution in [0.2, 0.25) is 0 Å². The number of benzene rings is 8. The van der Waals surface area contributed by atoms with E-state index in [0.29, 0.717) is 0 Å². The van der Waals surface area contributed by atoms with Gasteiger partial charge >= 0.3 is 0 Å². The van der Waals surface area contributed by atoms with E-state index in [9.17, 15) is 0 Å². The van der Waals surface area contributed by atoms with Gasteiger partial charge in [-0.1, -0.05) is 129 Å². The molecule has 11 aromatic rings. The van der Waals surface area contributed by atoms with Crippen molar-refractivity contribution in [1.29, 1.82) is 0 Å². The van der Waals surface area contributed by atoms with Crippen LogP contribution in [0.3, 0.4) is 0 Å². The van der Waals surface area contributed by atoms with Crippen molar-refractivity contribution in [2.75, 3.05) is 0 Å². The Labute approximate surface area is 319 Å². The molecule has 0 amide bonds. The topological polar surface area (TPSA) is 14.8 Å². The number of fused-ring (bicyclic) bond motifs is 10. The highest BCUT2D eigenvalue weighted by atomic mass is 15.0. The molecular formula is C52H39N3. The van der Waals surface area contributed by atoms with Crippen LogP contribution in [-0.2, 0) is 6.42 Å². The Morgan fingerprint density at radius 1 is 0.364 bits per heavy atom. The molecule has 0 bridgehead atoms. The van der Waals surface area contributed by atoms with Gasteiger partial charge in [0.1, 0.15) is 0 Å². The summed E-state index contributed by atoms with van der Waals surface area (Å²) < 4.78 is 7.40. The average molecular weight is 706 g/mol. The van der Waals surface area contributed by atoms with Crippen molar-refractivity contribution in [2.24, 2.45) is 0 Å². The van der Waals surface area contributed by atoms with Gasteiger partial charge in [-0.25, -0.2) is 0 Å². The average Bonchev–Trinajstić information content (AvgIpc) is 3.89. The van der Waals surface area contributed by atoms with Crippen LogP contribution in [0.25, 0.3) is 93.6 Å². The SMILES string of the molecule is CCCCc1ccc2c(c1)c1ccccc1n2-c1cccc(-n2c3ccccc3c3ccc4c(c5ccccc5n4-c4cccc(-c5ccccc5)c4)c32)c1. The van der Waals surface area contributed by atoms with E-state index in [1.54, 1.807) is 0 Å². The molecular weight excluding hydrogens is 667 g/mol. The first-order valence-corrected chi connectivity index (χ1v) is 19.5. The third kappa shape index (κ3) is 4.90. The van der Waals surface area contributed by atoms with Gasteiger partial charge in [0.25, 0.3) is 0 Å². The van der Waals surface area contributed by atoms with Crippen LogP contribution in [0.1, 0.15) is 25.3 Å². The van der Waals surface area contributed by atoms with Crippen molar-refractivity contribution in [3.63, 3.8) is 0 Å². The van der Waals surface area contributed by atoms with Gasteiger partial charge in [0, 0.05) is 49.4 Å². The lowest BCUT2D eigenvalue weighted by atomic mass is 10.0. The molecule has 0 unspecified atom stereocenters. The molecule has 8 aromatic carbocycles. The predicted molar refractivity (Wildman–Crippen MR) is 234 cm³/mol. The highest BCUT2D eigenvalue weighted by Gasteiger charge is 2.21. The van der Waals surface area contributed by atoms with Crippen molar-refractivity contribution in [2.45, 2.75) is 26.2 Å². The van der Waals surface area contributed by atoms with Gasteiger partial charge in [0.15, 0.2) is 0 Å². The minimum Gasteiger partial charge on any atom is -0.309 e. The second kappa shape index (κ2) is 12.6. The summed E-state index contributed by atoms with van der Waals surface area (Å²) in [5, 5.41) is 7.63. The van der Waals surface area contributed by atoms with E-state index in [0.717, 1.165) is 23.5 Å². The molecule has 0 saturated heterocycles. The maximum Gasteiger partial charge on any atom is 0.0641 e. The normalized spacial score (nSPS) is 11.9. The standard InChI is InChI=1S/C52H39N3/c1-2-3-15-35-28-30-49-45(32-35)42-23-8-10-25-46(42)53(49)39-20-14-21-40(34-39)55-47-26-11-7-22-41(47)43-29-31-50-51(52(43)55)44-24-9-12-27-48(44)54(50)38-19-13-18-37(33-38)36-16-5-4-6-17-36/h4-14,16-34H,2-3,15H2,1H3. The smallest absolute Gasteiger partial charge is 0.0641 e. The fourth-order valence-electron chi connectivity index (χ4n) is 9.12. The van der Waals surface area contributed by atoms with E-state index in [1.165, 1.54) is 94.9 Å². The molecule has 0 aliphatic rings. The van der Waals surface area contributed by atoms with Gasteiger partial charge in [-0.05, 0) is 96.3 Å². The van der Waals surface area contributed by atoms with Crippen LogP contribution in [0.5, 0.6) is 0 Å². The third-order valence-electron chi connectivity index (χ3n) is 11.6. The predicted octanol–water partition coefficient (Wildman–Crippen LogP) is 14.0. The Morgan fingerprint density at radius 2 is 0.909 bits per heavy atom. The molecule has 3 aromatic heterocycles. The van der Waals surface area contributed by atoms with Crippen LogP contribution >= 0.6 is 0 Å². The molecule has 55 heavy (non-hydrogen) atoms. The van der Waals surface area contributed by atoms with Gasteiger partial charge in [-0.15, -0.1) is 0 Å². The minimum absolute atomic E-state index is 1.11. The molecule has 0 N–H and O–H groups in total. The van der Waals surface area contributed by atoms with Gasteiger partial charge in [-0.3, -0.25) is 0 Å². The zero-order chi connectivity index (χ0) is 36.5. The maximum atomic E-state index is 2.50. The summed E-state index contributed by atoms with van der Waals surface area (Å²) in [5.41, 5.74) is 14.6. The van der Waals surface area contributed by atoms with E-state index in [4.69, 9.17) is 0 Å². The number of para-hydroxylation sites is 3. The third-order valence-corrected chi connectivity index (χ3v) is 11.6. The van der Waals surface area contributed by atoms with Crippen molar-refractivity contribution in [1.82, 2.24) is 13.7 Å². The number of rotatable bonds is 7. The highest BCUT2D eigenvalue weighted by Crippen LogP contribution is 2.43. The lowest BCUT2D eigenvalue weighted by Gasteiger charge is -2.14. The second-order valence-corrected chi connectivity index (χ2v) is 14.8. The molecule has 3 heterocycles. The van der Waals surface area contributed by atoms with E-state index in [-0.39, 0.29) is 0 Å². The summed E-state index contributed by atoms with van der Waals surface area (Å²) in [5.74, 6) is 0. The van der Waals surface area contributed by atoms with Crippen LogP contribution in [0, 0.1) is 0 Å². The zero-order valence-corrected chi connectivity index (χ0v) is 30.8. The van der Waals surface area contributed by atoms with Crippen molar-refractivity contribution in [3.05, 3.63) is 188 Å². The van der Waals surface area contributed by atoms with E-state index in [1.807, 2.05) is 0 Å². The molecule has 0 spiro atoms. The van der Waals surface area contributed by atoms with Gasteiger partial charge in [-0.2, -0.15) is 0 Å². The maximum absolute atomic E-state index is 2.50. The highest BCUT2D eigenvalue weighted by molar-refractivity contribution is 6.26.